The number of hydrogen-bond donors (Lipinski definition) is 2. The second kappa shape index (κ2) is 16.7. The fraction of sp³-hybridized carbons (Fsp3) is 0.800. The first-order chi connectivity index (χ1) is 15.2. The van der Waals surface area contributed by atoms with Gasteiger partial charge < -0.3 is 24.6 Å². The van der Waals surface area contributed by atoms with E-state index in [1.807, 2.05) is 13.8 Å². The number of carboxylic acid groups (broad SMARTS) is 3. The molecular formula is C25H45NO6. The average Bonchev–Trinajstić information content (AvgIpc) is 2.75. The molecule has 3 atom stereocenters. The van der Waals surface area contributed by atoms with Crippen molar-refractivity contribution in [2.45, 2.75) is 85.5 Å². The van der Waals surface area contributed by atoms with Gasteiger partial charge in [0.15, 0.2) is 0 Å². The molecule has 0 aromatic heterocycles. The number of rotatable bonds is 20. The summed E-state index contributed by atoms with van der Waals surface area (Å²) in [6.45, 7) is 8.79. The molecule has 0 fully saturated rings. The van der Waals surface area contributed by atoms with E-state index in [-0.39, 0.29) is 24.1 Å². The minimum Gasteiger partial charge on any atom is -0.550 e. The lowest BCUT2D eigenvalue weighted by Gasteiger charge is -2.44. The number of hydrogen-bond acceptors (Lipinski definition) is 4. The van der Waals surface area contributed by atoms with E-state index in [0.717, 1.165) is 38.5 Å². The zero-order valence-corrected chi connectivity index (χ0v) is 20.6. The van der Waals surface area contributed by atoms with Gasteiger partial charge in [-0.15, -0.1) is 0 Å². The lowest BCUT2D eigenvalue weighted by atomic mass is 9.95. The van der Waals surface area contributed by atoms with Gasteiger partial charge in [-0.2, -0.15) is 0 Å². The van der Waals surface area contributed by atoms with Crippen LogP contribution in [0.15, 0.2) is 12.2 Å². The highest BCUT2D eigenvalue weighted by Crippen LogP contribution is 2.25. The van der Waals surface area contributed by atoms with E-state index >= 15 is 0 Å². The first-order valence-corrected chi connectivity index (χ1v) is 12.3. The summed E-state index contributed by atoms with van der Waals surface area (Å²) in [5.74, 6) is -4.99. The van der Waals surface area contributed by atoms with Gasteiger partial charge in [-0.1, -0.05) is 46.3 Å². The molecule has 0 radical (unpaired) electrons. The first kappa shape index (κ1) is 30.1. The summed E-state index contributed by atoms with van der Waals surface area (Å²) in [5.41, 5.74) is 0. The van der Waals surface area contributed by atoms with Gasteiger partial charge in [0.05, 0.1) is 32.1 Å². The summed E-state index contributed by atoms with van der Waals surface area (Å²) in [6.07, 6.45) is 11.5. The Bertz CT molecular complexity index is 529. The van der Waals surface area contributed by atoms with Crippen LogP contribution in [0.4, 0.5) is 0 Å². The minimum absolute atomic E-state index is 0.206. The quantitative estimate of drug-likeness (QED) is 0.164. The molecule has 0 aliphatic rings. The summed E-state index contributed by atoms with van der Waals surface area (Å²) in [6, 6.07) is 0. The molecule has 7 nitrogen and oxygen atoms in total. The Morgan fingerprint density at radius 3 is 1.62 bits per heavy atom. The molecule has 0 aromatic carbocycles. The fourth-order valence-corrected chi connectivity index (χ4v) is 4.38. The van der Waals surface area contributed by atoms with Crippen molar-refractivity contribution >= 4 is 17.9 Å². The summed E-state index contributed by atoms with van der Waals surface area (Å²) in [5, 5.41) is 31.1. The first-order valence-electron chi connectivity index (χ1n) is 12.3. The van der Waals surface area contributed by atoms with Crippen LogP contribution in [0.25, 0.3) is 0 Å². The molecule has 0 aliphatic carbocycles. The minimum atomic E-state index is -1.15. The highest BCUT2D eigenvalue weighted by molar-refractivity contribution is 5.70. The number of aliphatic carboxylic acids is 3. The summed E-state index contributed by atoms with van der Waals surface area (Å²) in [7, 11) is 0. The number of carboxylic acids is 3. The lowest BCUT2D eigenvalue weighted by Crippen LogP contribution is -2.59. The van der Waals surface area contributed by atoms with Crippen LogP contribution in [0.5, 0.6) is 0 Å². The highest BCUT2D eigenvalue weighted by atomic mass is 16.4. The van der Waals surface area contributed by atoms with E-state index in [0.29, 0.717) is 25.8 Å². The van der Waals surface area contributed by atoms with Crippen molar-refractivity contribution in [1.29, 1.82) is 0 Å². The van der Waals surface area contributed by atoms with Gasteiger partial charge in [0.2, 0.25) is 0 Å². The largest absolute Gasteiger partial charge is 0.550 e. The predicted octanol–water partition coefficient (Wildman–Crippen LogP) is 3.72. The molecule has 0 bridgehead atoms. The summed E-state index contributed by atoms with van der Waals surface area (Å²) >= 11 is 0. The van der Waals surface area contributed by atoms with Crippen LogP contribution in [0.2, 0.25) is 0 Å². The molecule has 0 saturated heterocycles. The molecule has 7 heteroatoms. The number of unbranched alkanes of at least 4 members (excludes halogenated alkanes) is 4. The monoisotopic (exact) mass is 455 g/mol. The maximum atomic E-state index is 11.8. The van der Waals surface area contributed by atoms with Crippen molar-refractivity contribution in [3.05, 3.63) is 12.2 Å². The van der Waals surface area contributed by atoms with E-state index in [2.05, 4.69) is 19.1 Å². The van der Waals surface area contributed by atoms with Crippen molar-refractivity contribution in [3.8, 4) is 0 Å². The van der Waals surface area contributed by atoms with Gasteiger partial charge in [-0.3, -0.25) is 9.59 Å². The molecule has 186 valence electrons. The van der Waals surface area contributed by atoms with Crippen molar-refractivity contribution in [1.82, 2.24) is 0 Å². The Morgan fingerprint density at radius 1 is 0.750 bits per heavy atom. The van der Waals surface area contributed by atoms with Gasteiger partial charge in [-0.05, 0) is 51.4 Å². The van der Waals surface area contributed by atoms with Crippen molar-refractivity contribution < 1.29 is 34.2 Å². The number of allylic oxidation sites excluding steroid dienone is 2. The van der Waals surface area contributed by atoms with Crippen molar-refractivity contribution in [3.63, 3.8) is 0 Å². The SMILES string of the molecule is CC/C=C/CCCCCC[N+](CC(CC)C(=O)[O-])(CC(CC)C(=O)O)CC(CC)C(=O)O. The molecule has 0 aromatic rings. The van der Waals surface area contributed by atoms with E-state index in [1.165, 1.54) is 0 Å². The molecule has 0 amide bonds. The standard InChI is InChI=1S/C25H45NO6/c1-5-9-10-11-12-13-14-15-16-26(17-20(6-2)23(27)28,18-21(7-3)24(29)30)19-22(8-4)25(31)32/h9-10,20-22H,5-8,11-19H2,1-4H3,(H2-,27,28,29,30,31,32)/b10-9+. The van der Waals surface area contributed by atoms with Crippen LogP contribution >= 0.6 is 0 Å². The Labute approximate surface area is 194 Å². The van der Waals surface area contributed by atoms with Crippen molar-refractivity contribution in [2.75, 3.05) is 26.2 Å². The van der Waals surface area contributed by atoms with Crippen LogP contribution < -0.4 is 5.11 Å². The molecule has 2 N–H and O–H groups in total. The van der Waals surface area contributed by atoms with E-state index in [4.69, 9.17) is 0 Å². The van der Waals surface area contributed by atoms with Gasteiger partial charge in [0, 0.05) is 5.92 Å². The van der Waals surface area contributed by atoms with Crippen LogP contribution in [0.3, 0.4) is 0 Å². The van der Waals surface area contributed by atoms with E-state index in [1.54, 1.807) is 6.92 Å². The number of nitrogens with zero attached hydrogens (tertiary/aromatic N) is 1. The molecule has 0 heterocycles. The van der Waals surface area contributed by atoms with Crippen LogP contribution in [-0.4, -0.2) is 58.8 Å². The van der Waals surface area contributed by atoms with Gasteiger partial charge in [0.25, 0.3) is 0 Å². The number of carbonyl (C=O) groups excluding carboxylic acids is 1. The summed E-state index contributed by atoms with van der Waals surface area (Å²) in [4.78, 5) is 35.4. The van der Waals surface area contributed by atoms with Crippen molar-refractivity contribution in [2.24, 2.45) is 17.8 Å². The van der Waals surface area contributed by atoms with Gasteiger partial charge in [0.1, 0.15) is 11.8 Å². The Hall–Kier alpha value is -1.89. The normalized spacial score (nSPS) is 16.4. The summed E-state index contributed by atoms with van der Waals surface area (Å²) < 4.78 is 0.206. The zero-order valence-electron chi connectivity index (χ0n) is 20.6. The zero-order chi connectivity index (χ0) is 24.6. The second-order valence-electron chi connectivity index (χ2n) is 9.01. The third kappa shape index (κ3) is 11.7. The Morgan fingerprint density at radius 2 is 1.22 bits per heavy atom. The molecule has 3 unspecified atom stereocenters. The molecule has 0 rings (SSSR count). The van der Waals surface area contributed by atoms with Crippen LogP contribution in [-0.2, 0) is 14.4 Å². The molecule has 32 heavy (non-hydrogen) atoms. The molecule has 0 aliphatic heterocycles. The predicted molar refractivity (Wildman–Crippen MR) is 124 cm³/mol. The molecule has 0 saturated carbocycles. The highest BCUT2D eigenvalue weighted by Gasteiger charge is 2.39. The van der Waals surface area contributed by atoms with Gasteiger partial charge >= 0.3 is 11.9 Å². The lowest BCUT2D eigenvalue weighted by molar-refractivity contribution is -0.935. The van der Waals surface area contributed by atoms with Crippen LogP contribution in [0, 0.1) is 17.8 Å². The number of carbonyl (C=O) groups is 3. The number of quaternary nitrogens is 1. The van der Waals surface area contributed by atoms with E-state index < -0.39 is 35.7 Å². The third-order valence-electron chi connectivity index (χ3n) is 6.49. The average molecular weight is 456 g/mol. The molecule has 0 spiro atoms. The van der Waals surface area contributed by atoms with E-state index in [9.17, 15) is 29.7 Å². The van der Waals surface area contributed by atoms with Crippen LogP contribution in [0.1, 0.15) is 85.5 Å². The fourth-order valence-electron chi connectivity index (χ4n) is 4.38. The maximum absolute atomic E-state index is 11.8. The van der Waals surface area contributed by atoms with Gasteiger partial charge in [-0.25, -0.2) is 0 Å². The maximum Gasteiger partial charge on any atom is 0.312 e. The topological polar surface area (TPSA) is 115 Å². The smallest absolute Gasteiger partial charge is 0.312 e. The molecular weight excluding hydrogens is 410 g/mol. The second-order valence-corrected chi connectivity index (χ2v) is 9.01. The Balaban J connectivity index is 5.66. The third-order valence-corrected chi connectivity index (χ3v) is 6.49. The Kier molecular flexibility index (Phi) is 15.7.